The van der Waals surface area contributed by atoms with E-state index in [0.717, 1.165) is 6.42 Å². The molecule has 0 radical (unpaired) electrons. The minimum absolute atomic E-state index is 0.501. The lowest BCUT2D eigenvalue weighted by Gasteiger charge is -2.15. The maximum Gasteiger partial charge on any atom is 0.139 e. The van der Waals surface area contributed by atoms with E-state index in [1.54, 1.807) is 12.1 Å². The molecule has 2 nitrogen and oxygen atoms in total. The van der Waals surface area contributed by atoms with Gasteiger partial charge in [-0.25, -0.2) is 0 Å². The predicted molar refractivity (Wildman–Crippen MR) is 69.9 cm³/mol. The highest BCUT2D eigenvalue weighted by atomic mass is 35.5. The highest BCUT2D eigenvalue weighted by molar-refractivity contribution is 6.34. The van der Waals surface area contributed by atoms with Gasteiger partial charge in [-0.15, -0.1) is 0 Å². The maximum absolute atomic E-state index is 10.1. The molecule has 1 aromatic carbocycles. The molecule has 17 heavy (non-hydrogen) atoms. The number of halogens is 2. The number of aliphatic hydroxyl groups is 1. The Labute approximate surface area is 111 Å². The van der Waals surface area contributed by atoms with E-state index < -0.39 is 6.10 Å². The maximum atomic E-state index is 10.1. The molecule has 1 unspecified atom stereocenters. The molecule has 4 heteroatoms. The fourth-order valence-electron chi connectivity index (χ4n) is 1.86. The fourth-order valence-corrected chi connectivity index (χ4v) is 2.37. The van der Waals surface area contributed by atoms with Crippen LogP contribution in [0, 0.1) is 5.92 Å². The summed E-state index contributed by atoms with van der Waals surface area (Å²) in [5, 5.41) is 11.1. The van der Waals surface area contributed by atoms with Crippen molar-refractivity contribution >= 4 is 23.2 Å². The molecule has 0 saturated heterocycles. The minimum atomic E-state index is -0.525. The predicted octanol–water partition coefficient (Wildman–Crippen LogP) is 4.23. The molecule has 2 rings (SSSR count). The van der Waals surface area contributed by atoms with Gasteiger partial charge in [0, 0.05) is 11.6 Å². The Kier molecular flexibility index (Phi) is 4.18. The monoisotopic (exact) mass is 274 g/mol. The van der Waals surface area contributed by atoms with Crippen LogP contribution in [0.4, 0.5) is 0 Å². The van der Waals surface area contributed by atoms with E-state index in [1.807, 2.05) is 6.92 Å². The van der Waals surface area contributed by atoms with Crippen LogP contribution < -0.4 is 4.74 Å². The number of ether oxygens (including phenoxy) is 1. The Balaban J connectivity index is 2.18. The summed E-state index contributed by atoms with van der Waals surface area (Å²) < 4.78 is 5.35. The van der Waals surface area contributed by atoms with Crippen molar-refractivity contribution in [3.05, 3.63) is 27.7 Å². The SMILES string of the molecule is CCOc1cc(Cl)c(C(O)CC2CC2)cc1Cl. The lowest BCUT2D eigenvalue weighted by Crippen LogP contribution is -2.01. The highest BCUT2D eigenvalue weighted by Crippen LogP contribution is 2.41. The van der Waals surface area contributed by atoms with E-state index in [2.05, 4.69) is 0 Å². The van der Waals surface area contributed by atoms with Crippen LogP contribution in [-0.2, 0) is 0 Å². The van der Waals surface area contributed by atoms with Crippen LogP contribution in [0.3, 0.4) is 0 Å². The summed E-state index contributed by atoms with van der Waals surface area (Å²) >= 11 is 12.2. The summed E-state index contributed by atoms with van der Waals surface area (Å²) in [7, 11) is 0. The van der Waals surface area contributed by atoms with Crippen LogP contribution in [0.1, 0.15) is 37.9 Å². The van der Waals surface area contributed by atoms with Crippen molar-refractivity contribution in [1.29, 1.82) is 0 Å². The van der Waals surface area contributed by atoms with E-state index in [9.17, 15) is 5.11 Å². The van der Waals surface area contributed by atoms with Gasteiger partial charge < -0.3 is 9.84 Å². The first-order chi connectivity index (χ1) is 8.11. The van der Waals surface area contributed by atoms with E-state index in [4.69, 9.17) is 27.9 Å². The largest absolute Gasteiger partial charge is 0.492 e. The molecule has 1 N–H and O–H groups in total. The average Bonchev–Trinajstić information content (AvgIpc) is 3.07. The molecular weight excluding hydrogens is 259 g/mol. The number of aliphatic hydroxyl groups excluding tert-OH is 1. The van der Waals surface area contributed by atoms with Crippen molar-refractivity contribution < 1.29 is 9.84 Å². The molecule has 1 aliphatic carbocycles. The molecule has 0 spiro atoms. The zero-order chi connectivity index (χ0) is 12.4. The second kappa shape index (κ2) is 5.47. The zero-order valence-electron chi connectivity index (χ0n) is 9.75. The Morgan fingerprint density at radius 3 is 2.65 bits per heavy atom. The van der Waals surface area contributed by atoms with Gasteiger partial charge in [-0.1, -0.05) is 36.0 Å². The van der Waals surface area contributed by atoms with Gasteiger partial charge in [0.25, 0.3) is 0 Å². The summed E-state index contributed by atoms with van der Waals surface area (Å²) in [6.45, 7) is 2.43. The van der Waals surface area contributed by atoms with Gasteiger partial charge in [0.05, 0.1) is 22.8 Å². The van der Waals surface area contributed by atoms with Crippen molar-refractivity contribution in [2.75, 3.05) is 6.61 Å². The van der Waals surface area contributed by atoms with Gasteiger partial charge in [0.15, 0.2) is 0 Å². The molecule has 1 aliphatic rings. The van der Waals surface area contributed by atoms with E-state index >= 15 is 0 Å². The van der Waals surface area contributed by atoms with Gasteiger partial charge >= 0.3 is 0 Å². The van der Waals surface area contributed by atoms with Gasteiger partial charge in [-0.2, -0.15) is 0 Å². The molecule has 1 saturated carbocycles. The van der Waals surface area contributed by atoms with Gasteiger partial charge in [0.2, 0.25) is 0 Å². The Bertz CT molecular complexity index is 403. The molecule has 0 heterocycles. The fraction of sp³-hybridized carbons (Fsp3) is 0.538. The number of benzene rings is 1. The molecule has 0 aliphatic heterocycles. The first-order valence-corrected chi connectivity index (χ1v) is 6.67. The van der Waals surface area contributed by atoms with Crippen LogP contribution in [0.25, 0.3) is 0 Å². The Hall–Kier alpha value is -0.440. The molecule has 94 valence electrons. The average molecular weight is 275 g/mol. The molecule has 0 amide bonds. The summed E-state index contributed by atoms with van der Waals surface area (Å²) in [6.07, 6.45) is 2.66. The van der Waals surface area contributed by atoms with E-state index in [-0.39, 0.29) is 0 Å². The van der Waals surface area contributed by atoms with Crippen LogP contribution in [0.15, 0.2) is 12.1 Å². The third-order valence-corrected chi connectivity index (χ3v) is 3.59. The standard InChI is InChI=1S/C13H16Cl2O2/c1-2-17-13-7-10(14)9(6-11(13)15)12(16)5-8-3-4-8/h6-8,12,16H,2-5H2,1H3. The summed E-state index contributed by atoms with van der Waals surface area (Å²) in [4.78, 5) is 0. The molecule has 0 aromatic heterocycles. The minimum Gasteiger partial charge on any atom is -0.492 e. The van der Waals surface area contributed by atoms with Crippen LogP contribution in [0.2, 0.25) is 10.0 Å². The van der Waals surface area contributed by atoms with Crippen LogP contribution in [0.5, 0.6) is 5.75 Å². The number of rotatable bonds is 5. The Morgan fingerprint density at radius 2 is 2.06 bits per heavy atom. The Morgan fingerprint density at radius 1 is 1.35 bits per heavy atom. The highest BCUT2D eigenvalue weighted by Gasteiger charge is 2.26. The first-order valence-electron chi connectivity index (χ1n) is 5.91. The number of hydrogen-bond acceptors (Lipinski definition) is 2. The normalized spacial score (nSPS) is 16.9. The second-order valence-corrected chi connectivity index (χ2v) is 5.25. The van der Waals surface area contributed by atoms with E-state index in [1.165, 1.54) is 12.8 Å². The van der Waals surface area contributed by atoms with Crippen molar-refractivity contribution in [1.82, 2.24) is 0 Å². The van der Waals surface area contributed by atoms with Gasteiger partial charge in [-0.05, 0) is 25.3 Å². The lowest BCUT2D eigenvalue weighted by molar-refractivity contribution is 0.160. The smallest absolute Gasteiger partial charge is 0.139 e. The van der Waals surface area contributed by atoms with Crippen LogP contribution >= 0.6 is 23.2 Å². The third-order valence-electron chi connectivity index (χ3n) is 2.96. The van der Waals surface area contributed by atoms with Crippen molar-refractivity contribution in [2.45, 2.75) is 32.3 Å². The molecule has 1 aromatic rings. The zero-order valence-corrected chi connectivity index (χ0v) is 11.3. The first kappa shape index (κ1) is 13.0. The van der Waals surface area contributed by atoms with Crippen molar-refractivity contribution in [3.63, 3.8) is 0 Å². The second-order valence-electron chi connectivity index (χ2n) is 4.43. The molecular formula is C13H16Cl2O2. The van der Waals surface area contributed by atoms with Gasteiger partial charge in [-0.3, -0.25) is 0 Å². The molecule has 1 atom stereocenters. The van der Waals surface area contributed by atoms with Gasteiger partial charge in [0.1, 0.15) is 5.75 Å². The molecule has 1 fully saturated rings. The van der Waals surface area contributed by atoms with Crippen molar-refractivity contribution in [3.8, 4) is 5.75 Å². The van der Waals surface area contributed by atoms with Crippen molar-refractivity contribution in [2.24, 2.45) is 5.92 Å². The summed E-state index contributed by atoms with van der Waals surface area (Å²) in [6, 6.07) is 3.39. The third kappa shape index (κ3) is 3.27. The summed E-state index contributed by atoms with van der Waals surface area (Å²) in [5.74, 6) is 1.22. The number of hydrogen-bond donors (Lipinski definition) is 1. The summed E-state index contributed by atoms with van der Waals surface area (Å²) in [5.41, 5.74) is 0.701. The lowest BCUT2D eigenvalue weighted by atomic mass is 10.0. The van der Waals surface area contributed by atoms with Crippen LogP contribution in [-0.4, -0.2) is 11.7 Å². The topological polar surface area (TPSA) is 29.5 Å². The quantitative estimate of drug-likeness (QED) is 0.871. The van der Waals surface area contributed by atoms with E-state index in [0.29, 0.717) is 33.9 Å². The molecule has 0 bridgehead atoms.